The first-order chi connectivity index (χ1) is 8.10. The first-order valence-corrected chi connectivity index (χ1v) is 5.69. The molecule has 2 rings (SSSR count). The Balaban J connectivity index is 2.04. The van der Waals surface area contributed by atoms with Crippen molar-refractivity contribution in [2.45, 2.75) is 18.9 Å². The quantitative estimate of drug-likeness (QED) is 0.817. The molecule has 17 heavy (non-hydrogen) atoms. The summed E-state index contributed by atoms with van der Waals surface area (Å²) in [4.78, 5) is 9.66. The molecule has 94 valence electrons. The van der Waals surface area contributed by atoms with Gasteiger partial charge in [-0.25, -0.2) is 9.37 Å². The van der Waals surface area contributed by atoms with Crippen LogP contribution in [0, 0.1) is 11.7 Å². The number of aliphatic hydroxyl groups is 1. The number of hydrogen-bond acceptors (Lipinski definition) is 5. The van der Waals surface area contributed by atoms with Gasteiger partial charge in [-0.2, -0.15) is 4.98 Å². The molecule has 1 aromatic rings. The number of aromatic nitrogens is 2. The van der Waals surface area contributed by atoms with Crippen LogP contribution in [-0.4, -0.2) is 41.8 Å². The monoisotopic (exact) mass is 240 g/mol. The van der Waals surface area contributed by atoms with E-state index in [9.17, 15) is 9.50 Å². The van der Waals surface area contributed by atoms with E-state index in [2.05, 4.69) is 15.3 Å². The van der Waals surface area contributed by atoms with Crippen molar-refractivity contribution >= 4 is 11.8 Å². The normalized spacial score (nSPS) is 23.1. The third-order valence-electron chi connectivity index (χ3n) is 3.05. The third-order valence-corrected chi connectivity index (χ3v) is 3.05. The second-order valence-electron chi connectivity index (χ2n) is 4.49. The van der Waals surface area contributed by atoms with Crippen LogP contribution in [0.25, 0.3) is 0 Å². The van der Waals surface area contributed by atoms with E-state index in [4.69, 9.17) is 0 Å². The summed E-state index contributed by atoms with van der Waals surface area (Å²) in [5, 5.41) is 12.0. The number of aliphatic hydroxyl groups excluding tert-OH is 1. The molecule has 5 nitrogen and oxygen atoms in total. The molecule has 1 heterocycles. The minimum atomic E-state index is -0.425. The van der Waals surface area contributed by atoms with E-state index in [1.807, 2.05) is 0 Å². The van der Waals surface area contributed by atoms with Crippen LogP contribution >= 0.6 is 0 Å². The zero-order valence-electron chi connectivity index (χ0n) is 10.0. The van der Waals surface area contributed by atoms with E-state index in [0.717, 1.165) is 12.8 Å². The fourth-order valence-corrected chi connectivity index (χ4v) is 2.07. The topological polar surface area (TPSA) is 61.3 Å². The van der Waals surface area contributed by atoms with Crippen molar-refractivity contribution in [3.05, 3.63) is 12.0 Å². The first kappa shape index (κ1) is 12.0. The average Bonchev–Trinajstić information content (AvgIpc) is 2.27. The molecule has 1 aliphatic carbocycles. The summed E-state index contributed by atoms with van der Waals surface area (Å²) in [5.74, 6) is 0.696. The molecular weight excluding hydrogens is 223 g/mol. The number of hydrogen-bond donors (Lipinski definition) is 2. The van der Waals surface area contributed by atoms with Crippen LogP contribution < -0.4 is 10.2 Å². The average molecular weight is 240 g/mol. The van der Waals surface area contributed by atoms with Gasteiger partial charge in [-0.05, 0) is 18.8 Å². The van der Waals surface area contributed by atoms with Crippen LogP contribution in [0.3, 0.4) is 0 Å². The van der Waals surface area contributed by atoms with Gasteiger partial charge < -0.3 is 15.3 Å². The zero-order chi connectivity index (χ0) is 12.4. The van der Waals surface area contributed by atoms with Crippen molar-refractivity contribution in [1.29, 1.82) is 0 Å². The highest BCUT2D eigenvalue weighted by molar-refractivity contribution is 5.43. The number of anilines is 2. The standard InChI is InChI=1S/C11H17FN4O/c1-13-11-14-5-9(12)10(15-11)16(2)6-7-3-8(17)4-7/h5,7-8,17H,3-4,6H2,1-2H3,(H,13,14,15). The van der Waals surface area contributed by atoms with E-state index >= 15 is 0 Å². The minimum Gasteiger partial charge on any atom is -0.393 e. The number of rotatable bonds is 4. The Morgan fingerprint density at radius 1 is 1.59 bits per heavy atom. The maximum atomic E-state index is 13.6. The Bertz CT molecular complexity index is 395. The van der Waals surface area contributed by atoms with Crippen molar-refractivity contribution in [1.82, 2.24) is 9.97 Å². The van der Waals surface area contributed by atoms with E-state index in [-0.39, 0.29) is 6.10 Å². The molecule has 0 unspecified atom stereocenters. The van der Waals surface area contributed by atoms with Gasteiger partial charge in [0.2, 0.25) is 5.95 Å². The second-order valence-corrected chi connectivity index (χ2v) is 4.49. The molecular formula is C11H17FN4O. The number of nitrogens with one attached hydrogen (secondary N) is 1. The van der Waals surface area contributed by atoms with E-state index in [0.29, 0.717) is 24.2 Å². The van der Waals surface area contributed by atoms with Gasteiger partial charge in [-0.15, -0.1) is 0 Å². The first-order valence-electron chi connectivity index (χ1n) is 5.69. The number of halogens is 1. The summed E-state index contributed by atoms with van der Waals surface area (Å²) < 4.78 is 13.6. The van der Waals surface area contributed by atoms with Gasteiger partial charge in [-0.3, -0.25) is 0 Å². The molecule has 1 aliphatic rings. The van der Waals surface area contributed by atoms with Crippen molar-refractivity contribution in [2.75, 3.05) is 30.9 Å². The minimum absolute atomic E-state index is 0.184. The van der Waals surface area contributed by atoms with Crippen molar-refractivity contribution in [3.8, 4) is 0 Å². The van der Waals surface area contributed by atoms with E-state index < -0.39 is 5.82 Å². The molecule has 2 N–H and O–H groups in total. The Kier molecular flexibility index (Phi) is 3.42. The largest absolute Gasteiger partial charge is 0.393 e. The van der Waals surface area contributed by atoms with Crippen LogP contribution in [0.15, 0.2) is 6.20 Å². The van der Waals surface area contributed by atoms with Gasteiger partial charge in [0.1, 0.15) is 0 Å². The highest BCUT2D eigenvalue weighted by Crippen LogP contribution is 2.29. The summed E-state index contributed by atoms with van der Waals surface area (Å²) >= 11 is 0. The zero-order valence-corrected chi connectivity index (χ0v) is 10.0. The summed E-state index contributed by atoms with van der Waals surface area (Å²) in [6, 6.07) is 0. The van der Waals surface area contributed by atoms with Crippen molar-refractivity contribution < 1.29 is 9.50 Å². The Morgan fingerprint density at radius 3 is 2.88 bits per heavy atom. The summed E-state index contributed by atoms with van der Waals surface area (Å²) in [5.41, 5.74) is 0. The van der Waals surface area contributed by atoms with Gasteiger partial charge in [0.15, 0.2) is 11.6 Å². The summed E-state index contributed by atoms with van der Waals surface area (Å²) in [6.45, 7) is 0.703. The maximum Gasteiger partial charge on any atom is 0.224 e. The molecule has 0 bridgehead atoms. The van der Waals surface area contributed by atoms with Crippen LogP contribution in [0.4, 0.5) is 16.2 Å². The SMILES string of the molecule is CNc1ncc(F)c(N(C)CC2CC(O)C2)n1. The number of nitrogens with zero attached hydrogens (tertiary/aromatic N) is 3. The van der Waals surface area contributed by atoms with E-state index in [1.165, 1.54) is 6.20 Å². The molecule has 0 radical (unpaired) electrons. The predicted octanol–water partition coefficient (Wildman–Crippen LogP) is 0.864. The van der Waals surface area contributed by atoms with Crippen LogP contribution in [0.2, 0.25) is 0 Å². The third kappa shape index (κ3) is 2.63. The lowest BCUT2D eigenvalue weighted by Gasteiger charge is -2.34. The van der Waals surface area contributed by atoms with Gasteiger partial charge in [0, 0.05) is 20.6 Å². The fraction of sp³-hybridized carbons (Fsp3) is 0.636. The molecule has 1 aromatic heterocycles. The molecule has 0 aliphatic heterocycles. The molecule has 1 fully saturated rings. The summed E-state index contributed by atoms with van der Waals surface area (Å²) in [7, 11) is 3.49. The van der Waals surface area contributed by atoms with Gasteiger partial charge >= 0.3 is 0 Å². The Morgan fingerprint density at radius 2 is 2.29 bits per heavy atom. The highest BCUT2D eigenvalue weighted by Gasteiger charge is 2.28. The molecule has 0 aromatic carbocycles. The van der Waals surface area contributed by atoms with Gasteiger partial charge in [0.05, 0.1) is 12.3 Å². The predicted molar refractivity (Wildman–Crippen MR) is 63.5 cm³/mol. The van der Waals surface area contributed by atoms with Crippen molar-refractivity contribution in [2.24, 2.45) is 5.92 Å². The van der Waals surface area contributed by atoms with Gasteiger partial charge in [-0.1, -0.05) is 0 Å². The highest BCUT2D eigenvalue weighted by atomic mass is 19.1. The van der Waals surface area contributed by atoms with E-state index in [1.54, 1.807) is 19.0 Å². The lowest BCUT2D eigenvalue weighted by Crippen LogP contribution is -2.37. The summed E-state index contributed by atoms with van der Waals surface area (Å²) in [6.07, 6.45) is 2.56. The maximum absolute atomic E-state index is 13.6. The molecule has 0 saturated heterocycles. The Hall–Kier alpha value is -1.43. The Labute approximate surface area is 99.7 Å². The molecule has 6 heteroatoms. The van der Waals surface area contributed by atoms with Crippen LogP contribution in [-0.2, 0) is 0 Å². The molecule has 0 atom stereocenters. The van der Waals surface area contributed by atoms with Crippen LogP contribution in [0.5, 0.6) is 0 Å². The second kappa shape index (κ2) is 4.83. The smallest absolute Gasteiger partial charge is 0.224 e. The molecule has 0 amide bonds. The van der Waals surface area contributed by atoms with Gasteiger partial charge in [0.25, 0.3) is 0 Å². The molecule has 1 saturated carbocycles. The lowest BCUT2D eigenvalue weighted by molar-refractivity contribution is 0.0464. The molecule has 0 spiro atoms. The lowest BCUT2D eigenvalue weighted by atomic mass is 9.82. The van der Waals surface area contributed by atoms with Crippen LogP contribution in [0.1, 0.15) is 12.8 Å². The van der Waals surface area contributed by atoms with Crippen molar-refractivity contribution in [3.63, 3.8) is 0 Å². The fourth-order valence-electron chi connectivity index (χ4n) is 2.07.